The summed E-state index contributed by atoms with van der Waals surface area (Å²) < 4.78 is 27.6. The Morgan fingerprint density at radius 3 is 1.62 bits per heavy atom. The monoisotopic (exact) mass is 846 g/mol. The van der Waals surface area contributed by atoms with Crippen molar-refractivity contribution < 1.29 is 4.11 Å². The van der Waals surface area contributed by atoms with Gasteiger partial charge in [-0.2, -0.15) is 0 Å². The molecule has 6 aromatic carbocycles. The molecule has 2 aliphatic carbocycles. The molecule has 2 heterocycles. The normalized spacial score (nSPS) is 19.4. The van der Waals surface area contributed by atoms with Crippen LogP contribution in [-0.4, -0.2) is 6.71 Å². The summed E-state index contributed by atoms with van der Waals surface area (Å²) >= 11 is 0. The third-order valence-electron chi connectivity index (χ3n) is 16.0. The van der Waals surface area contributed by atoms with Gasteiger partial charge in [-0.3, -0.25) is 0 Å². The number of aryl methyl sites for hydroxylation is 2. The van der Waals surface area contributed by atoms with Crippen molar-refractivity contribution in [3.63, 3.8) is 0 Å². The van der Waals surface area contributed by atoms with E-state index in [1.165, 1.54) is 49.9 Å². The first-order valence-corrected chi connectivity index (χ1v) is 24.0. The summed E-state index contributed by atoms with van der Waals surface area (Å²) in [5.74, 6) is 0. The Morgan fingerprint density at radius 1 is 0.500 bits per heavy atom. The van der Waals surface area contributed by atoms with Gasteiger partial charge < -0.3 is 9.80 Å². The lowest BCUT2D eigenvalue weighted by atomic mass is 9.33. The SMILES string of the molecule is [2H]C([2H])([2H])c1cc2c3c(c1)N(c1ccc(C(C)(C)C)cc1-c1ccccc1)c1cc(C(C)(C)C)ccc1B3c1cc3c(cc1N2c1cc2c(cc1C)C(C)(C)CC2(C)C)C(C)(C)CCC3(C)C. The fourth-order valence-corrected chi connectivity index (χ4v) is 12.4. The van der Waals surface area contributed by atoms with Crippen LogP contribution in [0, 0.1) is 13.8 Å². The molecular weight excluding hydrogens is 771 g/mol. The minimum atomic E-state index is -2.37. The molecule has 4 aliphatic rings. The minimum absolute atomic E-state index is 0.0168. The second-order valence-electron chi connectivity index (χ2n) is 24.8. The van der Waals surface area contributed by atoms with Gasteiger partial charge in [0, 0.05) is 38.1 Å². The van der Waals surface area contributed by atoms with E-state index in [1.54, 1.807) is 0 Å². The number of rotatable bonds is 3. The van der Waals surface area contributed by atoms with Gasteiger partial charge in [0.15, 0.2) is 0 Å². The van der Waals surface area contributed by atoms with Gasteiger partial charge >= 0.3 is 0 Å². The molecule has 328 valence electrons. The van der Waals surface area contributed by atoms with Crippen LogP contribution >= 0.6 is 0 Å². The molecule has 0 unspecified atom stereocenters. The fraction of sp³-hybridized carbons (Fsp3) is 0.410. The van der Waals surface area contributed by atoms with Gasteiger partial charge in [0.05, 0.1) is 5.69 Å². The van der Waals surface area contributed by atoms with Gasteiger partial charge in [-0.25, -0.2) is 0 Å². The highest BCUT2D eigenvalue weighted by atomic mass is 15.2. The summed E-state index contributed by atoms with van der Waals surface area (Å²) in [4.78, 5) is 4.95. The second kappa shape index (κ2) is 13.8. The van der Waals surface area contributed by atoms with Gasteiger partial charge in [0.25, 0.3) is 6.71 Å². The highest BCUT2D eigenvalue weighted by Gasteiger charge is 2.48. The van der Waals surface area contributed by atoms with Crippen LogP contribution < -0.4 is 26.2 Å². The van der Waals surface area contributed by atoms with Crippen LogP contribution in [-0.2, 0) is 32.5 Å². The maximum absolute atomic E-state index is 9.21. The Kier molecular flexibility index (Phi) is 8.46. The van der Waals surface area contributed by atoms with E-state index in [0.29, 0.717) is 5.56 Å². The molecule has 0 amide bonds. The van der Waals surface area contributed by atoms with Crippen molar-refractivity contribution in [1.82, 2.24) is 0 Å². The van der Waals surface area contributed by atoms with Crippen molar-refractivity contribution in [2.24, 2.45) is 0 Å². The van der Waals surface area contributed by atoms with E-state index in [0.717, 1.165) is 70.0 Å². The molecule has 0 atom stereocenters. The van der Waals surface area contributed by atoms with Crippen LogP contribution in [0.4, 0.5) is 34.1 Å². The van der Waals surface area contributed by atoms with E-state index in [1.807, 2.05) is 12.1 Å². The average Bonchev–Trinajstić information content (AvgIpc) is 3.41. The number of anilines is 6. The van der Waals surface area contributed by atoms with Crippen LogP contribution in [0.2, 0.25) is 0 Å². The van der Waals surface area contributed by atoms with Crippen LogP contribution in [0.3, 0.4) is 0 Å². The van der Waals surface area contributed by atoms with Gasteiger partial charge in [0.1, 0.15) is 0 Å². The lowest BCUT2D eigenvalue weighted by Gasteiger charge is -2.48. The third kappa shape index (κ3) is 6.48. The molecule has 0 spiro atoms. The maximum Gasteiger partial charge on any atom is 0.252 e. The molecule has 10 rings (SSSR count). The van der Waals surface area contributed by atoms with E-state index < -0.39 is 6.85 Å². The highest BCUT2D eigenvalue weighted by molar-refractivity contribution is 7.00. The Labute approximate surface area is 390 Å². The van der Waals surface area contributed by atoms with Crippen LogP contribution in [0.15, 0.2) is 103 Å². The molecule has 0 radical (unpaired) electrons. The first-order chi connectivity index (χ1) is 31.0. The Bertz CT molecular complexity index is 3030. The molecule has 0 aromatic heterocycles. The minimum Gasteiger partial charge on any atom is -0.311 e. The van der Waals surface area contributed by atoms with E-state index in [2.05, 4.69) is 205 Å². The predicted octanol–water partition coefficient (Wildman–Crippen LogP) is 15.0. The van der Waals surface area contributed by atoms with Gasteiger partial charge in [-0.1, -0.05) is 158 Å². The van der Waals surface area contributed by atoms with Crippen molar-refractivity contribution in [3.8, 4) is 11.1 Å². The van der Waals surface area contributed by atoms with Crippen molar-refractivity contribution >= 4 is 57.2 Å². The second-order valence-corrected chi connectivity index (χ2v) is 24.8. The van der Waals surface area contributed by atoms with Crippen molar-refractivity contribution in [2.45, 2.75) is 162 Å². The zero-order valence-corrected chi connectivity index (χ0v) is 41.4. The van der Waals surface area contributed by atoms with Gasteiger partial charge in [-0.15, -0.1) is 0 Å². The highest BCUT2D eigenvalue weighted by Crippen LogP contribution is 2.55. The molecule has 0 saturated carbocycles. The summed E-state index contributed by atoms with van der Waals surface area (Å²) in [6.45, 7) is 32.7. The number of nitrogens with zero attached hydrogens (tertiary/aromatic N) is 2. The Morgan fingerprint density at radius 2 is 1.02 bits per heavy atom. The summed E-state index contributed by atoms with van der Waals surface area (Å²) in [6, 6.07) is 39.0. The number of hydrogen-bond donors (Lipinski definition) is 0. The first kappa shape index (κ1) is 39.4. The summed E-state index contributed by atoms with van der Waals surface area (Å²) in [6.07, 6.45) is 3.29. The molecule has 0 fully saturated rings. The quantitative estimate of drug-likeness (QED) is 0.164. The van der Waals surface area contributed by atoms with Crippen molar-refractivity contribution in [1.29, 1.82) is 0 Å². The van der Waals surface area contributed by atoms with E-state index in [4.69, 9.17) is 0 Å². The molecule has 6 aromatic rings. The molecule has 2 aliphatic heterocycles. The van der Waals surface area contributed by atoms with Gasteiger partial charge in [-0.05, 0) is 174 Å². The maximum atomic E-state index is 9.21. The van der Waals surface area contributed by atoms with Crippen LogP contribution in [0.5, 0.6) is 0 Å². The zero-order chi connectivity index (χ0) is 48.3. The van der Waals surface area contributed by atoms with E-state index >= 15 is 0 Å². The zero-order valence-electron chi connectivity index (χ0n) is 44.4. The molecule has 64 heavy (non-hydrogen) atoms. The van der Waals surface area contributed by atoms with Crippen molar-refractivity contribution in [3.05, 3.63) is 148 Å². The lowest BCUT2D eigenvalue weighted by molar-refractivity contribution is 0.332. The molecule has 0 saturated heterocycles. The molecule has 3 heteroatoms. The largest absolute Gasteiger partial charge is 0.311 e. The van der Waals surface area contributed by atoms with Gasteiger partial charge in [0.2, 0.25) is 0 Å². The molecule has 0 N–H and O–H groups in total. The van der Waals surface area contributed by atoms with E-state index in [-0.39, 0.29) is 39.2 Å². The van der Waals surface area contributed by atoms with E-state index in [9.17, 15) is 4.11 Å². The molecule has 2 nitrogen and oxygen atoms in total. The molecular formula is C61H71BN2. The van der Waals surface area contributed by atoms with Crippen molar-refractivity contribution in [2.75, 3.05) is 9.80 Å². The van der Waals surface area contributed by atoms with Crippen LogP contribution in [0.1, 0.15) is 165 Å². The summed E-state index contributed by atoms with van der Waals surface area (Å²) in [7, 11) is 0. The predicted molar refractivity (Wildman–Crippen MR) is 279 cm³/mol. The number of fused-ring (bicyclic) bond motifs is 6. The summed E-state index contributed by atoms with van der Waals surface area (Å²) in [5, 5.41) is 0. The molecule has 0 bridgehead atoms. The topological polar surface area (TPSA) is 6.48 Å². The average molecular weight is 846 g/mol. The summed E-state index contributed by atoms with van der Waals surface area (Å²) in [5.41, 5.74) is 21.7. The lowest BCUT2D eigenvalue weighted by Crippen LogP contribution is -2.62. The standard InChI is InChI=1S/C61H71BN2/c1-37-28-53-55-54(29-37)64(50-34-46-43(30-38(50)2)60(13,14)36-61(46,15)16)52-35-45-44(58(9,10)26-27-59(45,11)12)33-48(52)62(55)47-24-22-41(57(6,7)8)32-51(47)63(53)49-25-23-40(56(3,4)5)31-42(49)39-20-18-17-19-21-39/h17-25,28-35H,26-27,36H2,1-16H3/i1D3. The number of benzene rings is 6. The Balaban J connectivity index is 1.38. The Hall–Kier alpha value is -5.02. The van der Waals surface area contributed by atoms with Crippen LogP contribution in [0.25, 0.3) is 11.1 Å². The first-order valence-electron chi connectivity index (χ1n) is 25.5. The smallest absolute Gasteiger partial charge is 0.252 e. The fourth-order valence-electron chi connectivity index (χ4n) is 12.4. The third-order valence-corrected chi connectivity index (χ3v) is 16.0. The number of hydrogen-bond acceptors (Lipinski definition) is 2.